The number of ether oxygens (including phenoxy) is 1. The molecule has 1 spiro atoms. The Labute approximate surface area is 194 Å². The highest BCUT2D eigenvalue weighted by Gasteiger charge is 2.57. The van der Waals surface area contributed by atoms with Crippen molar-refractivity contribution in [3.8, 4) is 6.07 Å². The van der Waals surface area contributed by atoms with Gasteiger partial charge in [0.15, 0.2) is 0 Å². The number of amides is 3. The number of nitrogens with zero attached hydrogens (tertiary/aromatic N) is 4. The third-order valence-corrected chi connectivity index (χ3v) is 6.31. The fourth-order valence-electron chi connectivity index (χ4n) is 4.37. The molecule has 0 saturated carbocycles. The molecule has 170 valence electrons. The van der Waals surface area contributed by atoms with E-state index >= 15 is 0 Å². The van der Waals surface area contributed by atoms with Crippen LogP contribution >= 0.6 is 11.6 Å². The topological polar surface area (TPSA) is 94.0 Å². The van der Waals surface area contributed by atoms with E-state index in [2.05, 4.69) is 0 Å². The maximum Gasteiger partial charge on any atom is 0.409 e. The van der Waals surface area contributed by atoms with Crippen molar-refractivity contribution in [1.82, 2.24) is 9.80 Å². The van der Waals surface area contributed by atoms with Crippen LogP contribution in [-0.4, -0.2) is 60.0 Å². The lowest BCUT2D eigenvalue weighted by atomic mass is 9.90. The van der Waals surface area contributed by atoms with Crippen LogP contribution in [0.2, 0.25) is 5.02 Å². The summed E-state index contributed by atoms with van der Waals surface area (Å²) in [4.78, 5) is 43.2. The average Bonchev–Trinajstić information content (AvgIpc) is 3.26. The van der Waals surface area contributed by atoms with Crippen molar-refractivity contribution >= 4 is 35.2 Å². The molecule has 4 rings (SSSR count). The van der Waals surface area contributed by atoms with E-state index in [4.69, 9.17) is 21.6 Å². The Morgan fingerprint density at radius 3 is 2.61 bits per heavy atom. The first-order valence-corrected chi connectivity index (χ1v) is 10.6. The number of piperazine rings is 1. The second-order valence-corrected chi connectivity index (χ2v) is 8.39. The average molecular weight is 471 g/mol. The first-order chi connectivity index (χ1) is 15.8. The number of hydrogen-bond acceptors (Lipinski definition) is 5. The van der Waals surface area contributed by atoms with E-state index < -0.39 is 23.4 Å². The van der Waals surface area contributed by atoms with E-state index in [1.807, 2.05) is 6.07 Å². The molecule has 33 heavy (non-hydrogen) atoms. The third-order valence-electron chi connectivity index (χ3n) is 6.06. The number of rotatable bonds is 3. The predicted molar refractivity (Wildman–Crippen MR) is 117 cm³/mol. The molecule has 2 aromatic carbocycles. The highest BCUT2D eigenvalue weighted by Crippen LogP contribution is 2.37. The van der Waals surface area contributed by atoms with Crippen molar-refractivity contribution in [3.05, 3.63) is 64.4 Å². The van der Waals surface area contributed by atoms with Gasteiger partial charge in [0.25, 0.3) is 5.91 Å². The zero-order valence-electron chi connectivity index (χ0n) is 17.8. The van der Waals surface area contributed by atoms with Crippen LogP contribution < -0.4 is 4.90 Å². The van der Waals surface area contributed by atoms with E-state index in [0.29, 0.717) is 5.02 Å². The maximum absolute atomic E-state index is 14.8. The summed E-state index contributed by atoms with van der Waals surface area (Å²) in [5, 5.41) is 9.54. The van der Waals surface area contributed by atoms with Gasteiger partial charge in [-0.3, -0.25) is 14.5 Å². The monoisotopic (exact) mass is 470 g/mol. The molecule has 0 aromatic heterocycles. The van der Waals surface area contributed by atoms with Crippen LogP contribution in [0.15, 0.2) is 42.5 Å². The zero-order valence-corrected chi connectivity index (χ0v) is 18.5. The normalized spacial score (nSPS) is 20.4. The number of methoxy groups -OCH3 is 1. The van der Waals surface area contributed by atoms with Gasteiger partial charge in [-0.1, -0.05) is 23.7 Å². The molecule has 2 fully saturated rings. The molecule has 0 unspecified atom stereocenters. The standard InChI is InChI=1S/C23H20ClFN4O4/c1-33-22(32)27-9-8-23(14-27)21(31)28(19-7-4-16(11-26)10-18(19)25)13-20(30)29(23)12-15-2-5-17(24)6-3-15/h2-7,10H,8-9,12-14H2,1H3/t23-/m1/s1. The van der Waals surface area contributed by atoms with Gasteiger partial charge >= 0.3 is 6.09 Å². The molecule has 0 N–H and O–H groups in total. The summed E-state index contributed by atoms with van der Waals surface area (Å²) in [6.45, 7) is -0.117. The Morgan fingerprint density at radius 2 is 1.97 bits per heavy atom. The van der Waals surface area contributed by atoms with Gasteiger partial charge in [-0.2, -0.15) is 5.26 Å². The van der Waals surface area contributed by atoms with Gasteiger partial charge in [0.05, 0.1) is 31.0 Å². The Hall–Kier alpha value is -3.64. The minimum absolute atomic E-state index is 0.0771. The van der Waals surface area contributed by atoms with E-state index in [-0.39, 0.29) is 49.8 Å². The first kappa shape index (κ1) is 22.6. The van der Waals surface area contributed by atoms with Crippen LogP contribution in [-0.2, 0) is 20.9 Å². The van der Waals surface area contributed by atoms with Crippen LogP contribution in [0.1, 0.15) is 17.5 Å². The molecule has 0 bridgehead atoms. The molecule has 2 saturated heterocycles. The van der Waals surface area contributed by atoms with Crippen molar-refractivity contribution in [3.63, 3.8) is 0 Å². The van der Waals surface area contributed by atoms with Crippen LogP contribution in [0.25, 0.3) is 0 Å². The quantitative estimate of drug-likeness (QED) is 0.687. The van der Waals surface area contributed by atoms with Crippen molar-refractivity contribution in [2.24, 2.45) is 0 Å². The number of anilines is 1. The Balaban J connectivity index is 1.74. The van der Waals surface area contributed by atoms with Crippen molar-refractivity contribution < 1.29 is 23.5 Å². The summed E-state index contributed by atoms with van der Waals surface area (Å²) >= 11 is 5.97. The largest absolute Gasteiger partial charge is 0.453 e. The second kappa shape index (κ2) is 8.71. The lowest BCUT2D eigenvalue weighted by Crippen LogP contribution is -2.69. The molecule has 2 aromatic rings. The number of hydrogen-bond donors (Lipinski definition) is 0. The molecular formula is C23H20ClFN4O4. The maximum atomic E-state index is 14.8. The third kappa shape index (κ3) is 3.98. The highest BCUT2D eigenvalue weighted by atomic mass is 35.5. The Kier molecular flexibility index (Phi) is 5.95. The van der Waals surface area contributed by atoms with Crippen LogP contribution in [0, 0.1) is 17.1 Å². The SMILES string of the molecule is COC(=O)N1CC[C@@]2(C1)C(=O)N(c1ccc(C#N)cc1F)CC(=O)N2Cc1ccc(Cl)cc1. The molecule has 0 aliphatic carbocycles. The summed E-state index contributed by atoms with van der Waals surface area (Å²) in [5.74, 6) is -1.66. The molecule has 3 amide bonds. The van der Waals surface area contributed by atoms with Crippen molar-refractivity contribution in [1.29, 1.82) is 5.26 Å². The number of halogens is 2. The fraction of sp³-hybridized carbons (Fsp3) is 0.304. The molecule has 1 atom stereocenters. The smallest absolute Gasteiger partial charge is 0.409 e. The Morgan fingerprint density at radius 1 is 1.24 bits per heavy atom. The van der Waals surface area contributed by atoms with E-state index in [9.17, 15) is 18.8 Å². The van der Waals surface area contributed by atoms with Gasteiger partial charge in [-0.15, -0.1) is 0 Å². The summed E-state index contributed by atoms with van der Waals surface area (Å²) in [7, 11) is 1.24. The van der Waals surface area contributed by atoms with Crippen LogP contribution in [0.4, 0.5) is 14.9 Å². The lowest BCUT2D eigenvalue weighted by Gasteiger charge is -2.47. The van der Waals surface area contributed by atoms with Gasteiger partial charge < -0.3 is 14.5 Å². The van der Waals surface area contributed by atoms with Crippen molar-refractivity contribution in [2.75, 3.05) is 31.6 Å². The number of carbonyl (C=O) groups is 3. The minimum atomic E-state index is -1.39. The van der Waals surface area contributed by atoms with Crippen LogP contribution in [0.5, 0.6) is 0 Å². The van der Waals surface area contributed by atoms with Gasteiger partial charge in [0, 0.05) is 18.1 Å². The Bertz CT molecular complexity index is 1170. The summed E-state index contributed by atoms with van der Waals surface area (Å²) in [6.07, 6.45) is -0.436. The summed E-state index contributed by atoms with van der Waals surface area (Å²) in [5.41, 5.74) is -0.614. The minimum Gasteiger partial charge on any atom is -0.453 e. The number of benzene rings is 2. The van der Waals surface area contributed by atoms with E-state index in [1.54, 1.807) is 24.3 Å². The molecule has 0 radical (unpaired) electrons. The van der Waals surface area contributed by atoms with Crippen LogP contribution in [0.3, 0.4) is 0 Å². The molecule has 10 heteroatoms. The molecule has 2 heterocycles. The lowest BCUT2D eigenvalue weighted by molar-refractivity contribution is -0.151. The number of carbonyl (C=O) groups excluding carboxylic acids is 3. The summed E-state index contributed by atoms with van der Waals surface area (Å²) in [6, 6.07) is 12.5. The van der Waals surface area contributed by atoms with Crippen molar-refractivity contribution in [2.45, 2.75) is 18.5 Å². The number of likely N-dealkylation sites (tertiary alicyclic amines) is 1. The second-order valence-electron chi connectivity index (χ2n) is 7.95. The van der Waals surface area contributed by atoms with Gasteiger partial charge in [-0.05, 0) is 42.3 Å². The highest BCUT2D eigenvalue weighted by molar-refractivity contribution is 6.30. The molecule has 8 nitrogen and oxygen atoms in total. The molecule has 2 aliphatic rings. The zero-order chi connectivity index (χ0) is 23.8. The predicted octanol–water partition coefficient (Wildman–Crippen LogP) is 2.94. The first-order valence-electron chi connectivity index (χ1n) is 10.2. The van der Waals surface area contributed by atoms with Gasteiger partial charge in [-0.25, -0.2) is 9.18 Å². The number of nitriles is 1. The van der Waals surface area contributed by atoms with E-state index in [1.165, 1.54) is 29.0 Å². The molecular weight excluding hydrogens is 451 g/mol. The molecule has 2 aliphatic heterocycles. The van der Waals surface area contributed by atoms with E-state index in [0.717, 1.165) is 16.5 Å². The fourth-order valence-corrected chi connectivity index (χ4v) is 4.50. The summed E-state index contributed by atoms with van der Waals surface area (Å²) < 4.78 is 19.6. The van der Waals surface area contributed by atoms with Gasteiger partial charge in [0.1, 0.15) is 17.9 Å². The van der Waals surface area contributed by atoms with Gasteiger partial charge in [0.2, 0.25) is 5.91 Å².